The predicted octanol–water partition coefficient (Wildman–Crippen LogP) is 2.11. The van der Waals surface area contributed by atoms with Gasteiger partial charge in [-0.25, -0.2) is 4.39 Å². The van der Waals surface area contributed by atoms with Gasteiger partial charge in [0.1, 0.15) is 0 Å². The molecule has 23 heavy (non-hydrogen) atoms. The Kier molecular flexibility index (Phi) is 5.68. The molecule has 0 fully saturated rings. The molecule has 2 amide bonds. The monoisotopic (exact) mass is 316 g/mol. The van der Waals surface area contributed by atoms with Gasteiger partial charge in [0.15, 0.2) is 18.2 Å². The zero-order valence-corrected chi connectivity index (χ0v) is 12.4. The van der Waals surface area contributed by atoms with Crippen LogP contribution in [0.15, 0.2) is 54.6 Å². The number of nitrogens with two attached hydrogens (primary N) is 1. The minimum Gasteiger partial charge on any atom is -0.481 e. The number of hydrogen-bond donors (Lipinski definition) is 1. The highest BCUT2D eigenvalue weighted by Gasteiger charge is 2.17. The third-order valence-electron chi connectivity index (χ3n) is 3.14. The van der Waals surface area contributed by atoms with E-state index in [0.29, 0.717) is 5.69 Å². The first kappa shape index (κ1) is 16.5. The molecule has 0 aliphatic heterocycles. The summed E-state index contributed by atoms with van der Waals surface area (Å²) in [7, 11) is 0. The first-order valence-corrected chi connectivity index (χ1v) is 7.09. The van der Waals surface area contributed by atoms with Gasteiger partial charge >= 0.3 is 0 Å². The average Bonchev–Trinajstić information content (AvgIpc) is 2.55. The number of carbonyl (C=O) groups is 2. The smallest absolute Gasteiger partial charge is 0.264 e. The van der Waals surface area contributed by atoms with Crippen LogP contribution in [0.1, 0.15) is 6.42 Å². The number of rotatable bonds is 7. The Morgan fingerprint density at radius 1 is 1.04 bits per heavy atom. The van der Waals surface area contributed by atoms with Crippen molar-refractivity contribution in [2.24, 2.45) is 5.73 Å². The summed E-state index contributed by atoms with van der Waals surface area (Å²) in [6.45, 7) is -0.201. The molecule has 2 N–H and O–H groups in total. The van der Waals surface area contributed by atoms with Crippen molar-refractivity contribution < 1.29 is 18.7 Å². The van der Waals surface area contributed by atoms with E-state index in [2.05, 4.69) is 0 Å². The standard InChI is InChI=1S/C17H17FN2O3/c18-14-8-4-5-9-15(14)23-12-17(22)20(11-10-16(19)21)13-6-2-1-3-7-13/h1-9H,10-12H2,(H2,19,21). The first-order valence-electron chi connectivity index (χ1n) is 7.09. The van der Waals surface area contributed by atoms with Gasteiger partial charge in [-0.05, 0) is 24.3 Å². The maximum absolute atomic E-state index is 13.5. The molecule has 2 aromatic carbocycles. The zero-order valence-electron chi connectivity index (χ0n) is 12.4. The van der Waals surface area contributed by atoms with Crippen LogP contribution in [0.25, 0.3) is 0 Å². The van der Waals surface area contributed by atoms with Gasteiger partial charge in [-0.15, -0.1) is 0 Å². The molecule has 0 atom stereocenters. The van der Waals surface area contributed by atoms with Crippen LogP contribution in [0.3, 0.4) is 0 Å². The highest BCUT2D eigenvalue weighted by atomic mass is 19.1. The largest absolute Gasteiger partial charge is 0.481 e. The van der Waals surface area contributed by atoms with Gasteiger partial charge in [-0.3, -0.25) is 9.59 Å². The van der Waals surface area contributed by atoms with E-state index in [9.17, 15) is 14.0 Å². The number of halogens is 1. The molecule has 2 aromatic rings. The van der Waals surface area contributed by atoms with Crippen molar-refractivity contribution in [3.63, 3.8) is 0 Å². The molecular weight excluding hydrogens is 299 g/mol. The molecule has 0 spiro atoms. The van der Waals surface area contributed by atoms with E-state index in [4.69, 9.17) is 10.5 Å². The predicted molar refractivity (Wildman–Crippen MR) is 84.5 cm³/mol. The molecule has 0 saturated carbocycles. The minimum absolute atomic E-state index is 0.00348. The summed E-state index contributed by atoms with van der Waals surface area (Å²) in [6, 6.07) is 14.7. The Labute approximate surface area is 133 Å². The third-order valence-corrected chi connectivity index (χ3v) is 3.14. The van der Waals surface area contributed by atoms with Gasteiger partial charge in [-0.2, -0.15) is 0 Å². The van der Waals surface area contributed by atoms with Crippen molar-refractivity contribution in [1.82, 2.24) is 0 Å². The lowest BCUT2D eigenvalue weighted by molar-refractivity contribution is -0.120. The fourth-order valence-corrected chi connectivity index (χ4v) is 2.01. The number of primary amides is 1. The zero-order chi connectivity index (χ0) is 16.7. The van der Waals surface area contributed by atoms with E-state index in [-0.39, 0.29) is 31.2 Å². The molecular formula is C17H17FN2O3. The van der Waals surface area contributed by atoms with E-state index in [1.807, 2.05) is 6.07 Å². The van der Waals surface area contributed by atoms with Gasteiger partial charge in [0, 0.05) is 18.7 Å². The van der Waals surface area contributed by atoms with Crippen molar-refractivity contribution in [2.75, 3.05) is 18.1 Å². The normalized spacial score (nSPS) is 10.1. The molecule has 0 aromatic heterocycles. The molecule has 0 saturated heterocycles. The molecule has 0 aliphatic rings. The van der Waals surface area contributed by atoms with Crippen LogP contribution in [0.4, 0.5) is 10.1 Å². The average molecular weight is 316 g/mol. The van der Waals surface area contributed by atoms with Gasteiger partial charge in [0.05, 0.1) is 0 Å². The van der Waals surface area contributed by atoms with Gasteiger partial charge in [0.2, 0.25) is 5.91 Å². The Morgan fingerprint density at radius 3 is 2.35 bits per heavy atom. The first-order chi connectivity index (χ1) is 11.1. The lowest BCUT2D eigenvalue weighted by Crippen LogP contribution is -2.37. The third kappa shape index (κ3) is 4.81. The van der Waals surface area contributed by atoms with Crippen LogP contribution in [0.2, 0.25) is 0 Å². The fourth-order valence-electron chi connectivity index (χ4n) is 2.01. The second kappa shape index (κ2) is 7.93. The number of carbonyl (C=O) groups excluding carboxylic acids is 2. The molecule has 5 nitrogen and oxygen atoms in total. The molecule has 120 valence electrons. The Bertz CT molecular complexity index is 677. The quantitative estimate of drug-likeness (QED) is 0.850. The van der Waals surface area contributed by atoms with E-state index in [1.165, 1.54) is 23.1 Å². The van der Waals surface area contributed by atoms with Crippen molar-refractivity contribution in [3.8, 4) is 5.75 Å². The highest BCUT2D eigenvalue weighted by molar-refractivity contribution is 5.95. The summed E-state index contributed by atoms with van der Waals surface area (Å²) < 4.78 is 18.7. The van der Waals surface area contributed by atoms with Crippen LogP contribution < -0.4 is 15.4 Å². The molecule has 0 aliphatic carbocycles. The highest BCUT2D eigenvalue weighted by Crippen LogP contribution is 2.17. The number of para-hydroxylation sites is 2. The molecule has 6 heteroatoms. The van der Waals surface area contributed by atoms with Crippen LogP contribution in [0.5, 0.6) is 5.75 Å². The summed E-state index contributed by atoms with van der Waals surface area (Å²) in [6.07, 6.45) is 0.0281. The minimum atomic E-state index is -0.538. The van der Waals surface area contributed by atoms with E-state index < -0.39 is 11.7 Å². The van der Waals surface area contributed by atoms with Gasteiger partial charge < -0.3 is 15.4 Å². The maximum Gasteiger partial charge on any atom is 0.264 e. The van der Waals surface area contributed by atoms with E-state index in [1.54, 1.807) is 30.3 Å². The van der Waals surface area contributed by atoms with E-state index in [0.717, 1.165) is 0 Å². The summed E-state index contributed by atoms with van der Waals surface area (Å²) in [5, 5.41) is 0. The lowest BCUT2D eigenvalue weighted by atomic mass is 10.2. The van der Waals surface area contributed by atoms with Crippen molar-refractivity contribution in [3.05, 3.63) is 60.4 Å². The number of amides is 2. The maximum atomic E-state index is 13.5. The fraction of sp³-hybridized carbons (Fsp3) is 0.176. The molecule has 2 rings (SSSR count). The summed E-state index contributed by atoms with van der Waals surface area (Å²) in [5.74, 6) is -1.43. The summed E-state index contributed by atoms with van der Waals surface area (Å²) >= 11 is 0. The van der Waals surface area contributed by atoms with E-state index >= 15 is 0 Å². The Hall–Kier alpha value is -2.89. The van der Waals surface area contributed by atoms with Crippen LogP contribution in [-0.2, 0) is 9.59 Å². The van der Waals surface area contributed by atoms with Crippen LogP contribution in [-0.4, -0.2) is 25.0 Å². The van der Waals surface area contributed by atoms with Crippen LogP contribution >= 0.6 is 0 Å². The SMILES string of the molecule is NC(=O)CCN(C(=O)COc1ccccc1F)c1ccccc1. The molecule has 0 radical (unpaired) electrons. The van der Waals surface area contributed by atoms with Gasteiger partial charge in [0.25, 0.3) is 5.91 Å². The molecule has 0 heterocycles. The molecule has 0 unspecified atom stereocenters. The Morgan fingerprint density at radius 2 is 1.70 bits per heavy atom. The summed E-state index contributed by atoms with van der Waals surface area (Å²) in [4.78, 5) is 24.7. The van der Waals surface area contributed by atoms with Gasteiger partial charge in [-0.1, -0.05) is 30.3 Å². The number of anilines is 1. The summed E-state index contributed by atoms with van der Waals surface area (Å²) in [5.41, 5.74) is 5.77. The number of ether oxygens (including phenoxy) is 1. The van der Waals surface area contributed by atoms with Crippen molar-refractivity contribution >= 4 is 17.5 Å². The second-order valence-electron chi connectivity index (χ2n) is 4.82. The van der Waals surface area contributed by atoms with Crippen molar-refractivity contribution in [1.29, 1.82) is 0 Å². The Balaban J connectivity index is 2.07. The van der Waals surface area contributed by atoms with Crippen molar-refractivity contribution in [2.45, 2.75) is 6.42 Å². The second-order valence-corrected chi connectivity index (χ2v) is 4.82. The number of nitrogens with zero attached hydrogens (tertiary/aromatic N) is 1. The number of hydrogen-bond acceptors (Lipinski definition) is 3. The topological polar surface area (TPSA) is 72.6 Å². The number of benzene rings is 2. The lowest BCUT2D eigenvalue weighted by Gasteiger charge is -2.22. The van der Waals surface area contributed by atoms with Crippen LogP contribution in [0, 0.1) is 5.82 Å². The molecule has 0 bridgehead atoms.